The first-order chi connectivity index (χ1) is 9.52. The molecule has 6 heteroatoms. The standard InChI is InChI=1S/C14H14F2N2O2/c15-14(16,9-17)7-5-13(19)20-12-6-8-18-11-4-2-1-3-10(11)12/h1-4,6,8H,5,7,9,17H2. The average molecular weight is 280 g/mol. The van der Waals surface area contributed by atoms with Gasteiger partial charge in [0.1, 0.15) is 5.75 Å². The van der Waals surface area contributed by atoms with Gasteiger partial charge >= 0.3 is 5.97 Å². The van der Waals surface area contributed by atoms with Crippen molar-refractivity contribution in [2.45, 2.75) is 18.8 Å². The Kier molecular flexibility index (Phi) is 4.24. The second-order valence-corrected chi connectivity index (χ2v) is 4.36. The monoisotopic (exact) mass is 280 g/mol. The summed E-state index contributed by atoms with van der Waals surface area (Å²) in [5.41, 5.74) is 5.58. The van der Waals surface area contributed by atoms with Gasteiger partial charge in [0, 0.05) is 18.0 Å². The van der Waals surface area contributed by atoms with E-state index in [9.17, 15) is 13.6 Å². The summed E-state index contributed by atoms with van der Waals surface area (Å²) in [6.07, 6.45) is 0.492. The van der Waals surface area contributed by atoms with Gasteiger partial charge in [-0.15, -0.1) is 0 Å². The number of fused-ring (bicyclic) bond motifs is 1. The quantitative estimate of drug-likeness (QED) is 0.855. The van der Waals surface area contributed by atoms with E-state index in [0.717, 1.165) is 0 Å². The molecule has 1 aromatic heterocycles. The molecule has 0 unspecified atom stereocenters. The van der Waals surface area contributed by atoms with Crippen molar-refractivity contribution in [2.24, 2.45) is 5.73 Å². The van der Waals surface area contributed by atoms with Crippen LogP contribution in [0.5, 0.6) is 5.75 Å². The number of esters is 1. The van der Waals surface area contributed by atoms with Crippen molar-refractivity contribution < 1.29 is 18.3 Å². The van der Waals surface area contributed by atoms with E-state index in [2.05, 4.69) is 4.98 Å². The van der Waals surface area contributed by atoms with Crippen LogP contribution in [0.25, 0.3) is 10.9 Å². The number of ether oxygens (including phenoxy) is 1. The smallest absolute Gasteiger partial charge is 0.311 e. The molecule has 2 aromatic rings. The van der Waals surface area contributed by atoms with E-state index in [1.54, 1.807) is 18.2 Å². The molecule has 0 spiro atoms. The van der Waals surface area contributed by atoms with Crippen LogP contribution >= 0.6 is 0 Å². The molecule has 0 bridgehead atoms. The minimum absolute atomic E-state index is 0.316. The highest BCUT2D eigenvalue weighted by Gasteiger charge is 2.27. The molecule has 1 aromatic carbocycles. The molecule has 2 N–H and O–H groups in total. The number of rotatable bonds is 5. The number of nitrogens with zero attached hydrogens (tertiary/aromatic N) is 1. The minimum atomic E-state index is -3.04. The highest BCUT2D eigenvalue weighted by Crippen LogP contribution is 2.24. The molecule has 0 fully saturated rings. The van der Waals surface area contributed by atoms with Crippen molar-refractivity contribution in [3.05, 3.63) is 36.5 Å². The fraction of sp³-hybridized carbons (Fsp3) is 0.286. The summed E-state index contributed by atoms with van der Waals surface area (Å²) in [4.78, 5) is 15.7. The number of carbonyl (C=O) groups excluding carboxylic acids is 1. The van der Waals surface area contributed by atoms with Crippen molar-refractivity contribution in [3.63, 3.8) is 0 Å². The van der Waals surface area contributed by atoms with Gasteiger partial charge in [0.25, 0.3) is 5.92 Å². The van der Waals surface area contributed by atoms with Gasteiger partial charge in [-0.05, 0) is 18.2 Å². The second-order valence-electron chi connectivity index (χ2n) is 4.36. The summed E-state index contributed by atoms with van der Waals surface area (Å²) in [5, 5.41) is 0.661. The van der Waals surface area contributed by atoms with Crippen LogP contribution in [0.2, 0.25) is 0 Å². The third-order valence-corrected chi connectivity index (χ3v) is 2.83. The molecule has 0 aliphatic heterocycles. The lowest BCUT2D eigenvalue weighted by atomic mass is 10.2. The van der Waals surface area contributed by atoms with Gasteiger partial charge < -0.3 is 10.5 Å². The molecule has 4 nitrogen and oxygen atoms in total. The van der Waals surface area contributed by atoms with Gasteiger partial charge in [-0.25, -0.2) is 8.78 Å². The van der Waals surface area contributed by atoms with Crippen LogP contribution in [-0.4, -0.2) is 23.4 Å². The zero-order valence-corrected chi connectivity index (χ0v) is 10.7. The number of hydrogen-bond donors (Lipinski definition) is 1. The third-order valence-electron chi connectivity index (χ3n) is 2.83. The number of halogens is 2. The van der Waals surface area contributed by atoms with Gasteiger partial charge in [0.15, 0.2) is 0 Å². The number of pyridine rings is 1. The van der Waals surface area contributed by atoms with Crippen LogP contribution in [0, 0.1) is 0 Å². The van der Waals surface area contributed by atoms with Gasteiger partial charge in [-0.3, -0.25) is 9.78 Å². The lowest BCUT2D eigenvalue weighted by Gasteiger charge is -2.13. The third kappa shape index (κ3) is 3.48. The van der Waals surface area contributed by atoms with Crippen LogP contribution in [0.3, 0.4) is 0 Å². The van der Waals surface area contributed by atoms with E-state index in [4.69, 9.17) is 10.5 Å². The van der Waals surface area contributed by atoms with Crippen molar-refractivity contribution in [1.82, 2.24) is 4.98 Å². The van der Waals surface area contributed by atoms with E-state index >= 15 is 0 Å². The first-order valence-electron chi connectivity index (χ1n) is 6.14. The molecule has 0 aliphatic carbocycles. The number of alkyl halides is 2. The summed E-state index contributed by atoms with van der Waals surface area (Å²) < 4.78 is 31.0. The molecule has 0 amide bonds. The molecule has 106 valence electrons. The van der Waals surface area contributed by atoms with Gasteiger partial charge in [0.05, 0.1) is 18.5 Å². The summed E-state index contributed by atoms with van der Waals surface area (Å²) in [6, 6.07) is 8.64. The zero-order valence-electron chi connectivity index (χ0n) is 10.7. The molecule has 1 heterocycles. The topological polar surface area (TPSA) is 65.2 Å². The van der Waals surface area contributed by atoms with Gasteiger partial charge in [-0.2, -0.15) is 0 Å². The van der Waals surface area contributed by atoms with E-state index < -0.39 is 24.9 Å². The Hall–Kier alpha value is -2.08. The number of nitrogens with two attached hydrogens (primary N) is 1. The van der Waals surface area contributed by atoms with Crippen LogP contribution < -0.4 is 10.5 Å². The van der Waals surface area contributed by atoms with Crippen molar-refractivity contribution in [2.75, 3.05) is 6.54 Å². The summed E-state index contributed by atoms with van der Waals surface area (Å²) in [5.74, 6) is -3.44. The molecule has 0 aliphatic rings. The summed E-state index contributed by atoms with van der Waals surface area (Å²) in [7, 11) is 0. The fourth-order valence-corrected chi connectivity index (χ4v) is 1.72. The predicted molar refractivity (Wildman–Crippen MR) is 70.6 cm³/mol. The van der Waals surface area contributed by atoms with Gasteiger partial charge in [0.2, 0.25) is 0 Å². The largest absolute Gasteiger partial charge is 0.426 e. The van der Waals surface area contributed by atoms with Crippen LogP contribution in [0.15, 0.2) is 36.5 Å². The van der Waals surface area contributed by atoms with E-state index in [-0.39, 0.29) is 6.42 Å². The lowest BCUT2D eigenvalue weighted by Crippen LogP contribution is -2.29. The Balaban J connectivity index is 2.07. The number of benzene rings is 1. The van der Waals surface area contributed by atoms with Crippen LogP contribution in [0.1, 0.15) is 12.8 Å². The number of aromatic nitrogens is 1. The average Bonchev–Trinajstić information content (AvgIpc) is 2.46. The highest BCUT2D eigenvalue weighted by atomic mass is 19.3. The maximum Gasteiger partial charge on any atom is 0.311 e. The SMILES string of the molecule is NCC(F)(F)CCC(=O)Oc1ccnc2ccccc12. The molecule has 0 atom stereocenters. The molecule has 2 rings (SSSR count). The van der Waals surface area contributed by atoms with E-state index in [0.29, 0.717) is 16.7 Å². The molecule has 0 saturated carbocycles. The fourth-order valence-electron chi connectivity index (χ4n) is 1.72. The zero-order chi connectivity index (χ0) is 14.6. The number of hydrogen-bond acceptors (Lipinski definition) is 4. The normalized spacial score (nSPS) is 11.6. The Morgan fingerprint density at radius 3 is 2.80 bits per heavy atom. The number of para-hydroxylation sites is 1. The van der Waals surface area contributed by atoms with E-state index in [1.807, 2.05) is 6.07 Å². The summed E-state index contributed by atoms with van der Waals surface area (Å²) >= 11 is 0. The van der Waals surface area contributed by atoms with E-state index in [1.165, 1.54) is 12.3 Å². The van der Waals surface area contributed by atoms with Crippen LogP contribution in [0.4, 0.5) is 8.78 Å². The number of carbonyl (C=O) groups is 1. The molecular formula is C14H14F2N2O2. The van der Waals surface area contributed by atoms with Gasteiger partial charge in [-0.1, -0.05) is 12.1 Å². The Bertz CT molecular complexity index is 612. The van der Waals surface area contributed by atoms with Crippen LogP contribution in [-0.2, 0) is 4.79 Å². The maximum atomic E-state index is 13.0. The molecule has 0 saturated heterocycles. The molecular weight excluding hydrogens is 266 g/mol. The first-order valence-corrected chi connectivity index (χ1v) is 6.14. The first kappa shape index (κ1) is 14.3. The van der Waals surface area contributed by atoms with Crippen molar-refractivity contribution in [1.29, 1.82) is 0 Å². The Morgan fingerprint density at radius 1 is 1.30 bits per heavy atom. The maximum absolute atomic E-state index is 13.0. The molecule has 0 radical (unpaired) electrons. The Labute approximate surface area is 114 Å². The Morgan fingerprint density at radius 2 is 2.05 bits per heavy atom. The predicted octanol–water partition coefficient (Wildman–Crippen LogP) is 2.51. The highest BCUT2D eigenvalue weighted by molar-refractivity contribution is 5.87. The summed E-state index contributed by atoms with van der Waals surface area (Å²) in [6.45, 7) is -0.779. The lowest BCUT2D eigenvalue weighted by molar-refractivity contribution is -0.136. The second kappa shape index (κ2) is 5.92. The minimum Gasteiger partial charge on any atom is -0.426 e. The van der Waals surface area contributed by atoms with Crippen molar-refractivity contribution in [3.8, 4) is 5.75 Å². The van der Waals surface area contributed by atoms with Crippen molar-refractivity contribution >= 4 is 16.9 Å². The molecule has 20 heavy (non-hydrogen) atoms.